The molecule has 3 aromatic carbocycles. The summed E-state index contributed by atoms with van der Waals surface area (Å²) in [5.74, 6) is -1.51. The van der Waals surface area contributed by atoms with E-state index >= 15 is 0 Å². The van der Waals surface area contributed by atoms with Crippen molar-refractivity contribution in [2.24, 2.45) is 0 Å². The minimum Gasteiger partial charge on any atom is -0.454 e. The molecule has 5 rings (SSSR count). The van der Waals surface area contributed by atoms with Crippen LogP contribution in [0.4, 0.5) is 5.69 Å². The first kappa shape index (κ1) is 22.7. The first-order chi connectivity index (χ1) is 17.0. The quantitative estimate of drug-likeness (QED) is 0.307. The van der Waals surface area contributed by atoms with Gasteiger partial charge in [-0.25, -0.2) is 9.69 Å². The molecule has 0 aromatic heterocycles. The minimum absolute atomic E-state index is 0.133. The lowest BCUT2D eigenvalue weighted by Crippen LogP contribution is -2.39. The number of hydrogen-bond donors (Lipinski definition) is 1. The second-order valence-corrected chi connectivity index (χ2v) is 8.75. The van der Waals surface area contributed by atoms with Crippen LogP contribution in [-0.2, 0) is 14.3 Å². The van der Waals surface area contributed by atoms with Gasteiger partial charge in [-0.3, -0.25) is 14.4 Å². The van der Waals surface area contributed by atoms with Crippen LogP contribution >= 0.6 is 0 Å². The van der Waals surface area contributed by atoms with Crippen LogP contribution in [0.25, 0.3) is 11.1 Å². The number of anilines is 1. The van der Waals surface area contributed by atoms with Crippen LogP contribution in [-0.4, -0.2) is 42.3 Å². The fraction of sp³-hybridized carbons (Fsp3) is 0.214. The van der Waals surface area contributed by atoms with Gasteiger partial charge in [0.1, 0.15) is 0 Å². The van der Waals surface area contributed by atoms with Gasteiger partial charge in [-0.2, -0.15) is 0 Å². The number of benzene rings is 3. The predicted octanol–water partition coefficient (Wildman–Crippen LogP) is 3.78. The number of carbonyl (C=O) groups excluding carboxylic acids is 4. The molecule has 0 spiro atoms. The molecule has 1 aliphatic heterocycles. The van der Waals surface area contributed by atoms with Gasteiger partial charge in [0.2, 0.25) is 5.91 Å². The number of Topliss-reactive ketones (excluding diaryl/α,β-unsaturated/α-hetero) is 1. The fourth-order valence-electron chi connectivity index (χ4n) is 4.09. The van der Waals surface area contributed by atoms with Crippen LogP contribution in [0.15, 0.2) is 78.9 Å². The summed E-state index contributed by atoms with van der Waals surface area (Å²) in [5, 5.41) is 3.20. The lowest BCUT2D eigenvalue weighted by Gasteiger charge is -2.15. The van der Waals surface area contributed by atoms with E-state index in [4.69, 9.17) is 4.74 Å². The molecule has 1 saturated heterocycles. The number of rotatable bonds is 8. The van der Waals surface area contributed by atoms with Crippen LogP contribution < -0.4 is 10.2 Å². The molecule has 1 unspecified atom stereocenters. The van der Waals surface area contributed by atoms with E-state index in [0.29, 0.717) is 17.3 Å². The molecular formula is C28H24N2O5. The van der Waals surface area contributed by atoms with E-state index < -0.39 is 12.0 Å². The molecule has 0 radical (unpaired) electrons. The molecule has 0 bridgehead atoms. The van der Waals surface area contributed by atoms with Crippen molar-refractivity contribution < 1.29 is 23.9 Å². The summed E-state index contributed by atoms with van der Waals surface area (Å²) in [6, 6.07) is 22.8. The van der Waals surface area contributed by atoms with E-state index in [1.54, 1.807) is 12.1 Å². The zero-order chi connectivity index (χ0) is 24.4. The van der Waals surface area contributed by atoms with E-state index in [-0.39, 0.29) is 36.2 Å². The molecule has 176 valence electrons. The Balaban J connectivity index is 1.17. The van der Waals surface area contributed by atoms with Crippen molar-refractivity contribution in [3.8, 4) is 11.1 Å². The molecule has 1 atom stereocenters. The Bertz CT molecular complexity index is 1260. The maximum atomic E-state index is 12.6. The van der Waals surface area contributed by atoms with Crippen LogP contribution in [0, 0.1) is 0 Å². The van der Waals surface area contributed by atoms with Crippen LogP contribution in [0.3, 0.4) is 0 Å². The normalized spacial score (nSPS) is 17.5. The number of amides is 2. The molecular weight excluding hydrogens is 444 g/mol. The Hall–Kier alpha value is -4.10. The van der Waals surface area contributed by atoms with Gasteiger partial charge in [-0.15, -0.1) is 0 Å². The van der Waals surface area contributed by atoms with Crippen LogP contribution in [0.1, 0.15) is 40.0 Å². The van der Waals surface area contributed by atoms with Crippen molar-refractivity contribution in [2.75, 3.05) is 11.5 Å². The number of carbonyl (C=O) groups is 4. The van der Waals surface area contributed by atoms with E-state index in [9.17, 15) is 19.2 Å². The monoisotopic (exact) mass is 468 g/mol. The van der Waals surface area contributed by atoms with Gasteiger partial charge in [0.25, 0.3) is 5.91 Å². The minimum atomic E-state index is -0.654. The van der Waals surface area contributed by atoms with Crippen molar-refractivity contribution in [1.29, 1.82) is 0 Å². The first-order valence-electron chi connectivity index (χ1n) is 11.6. The summed E-state index contributed by atoms with van der Waals surface area (Å²) >= 11 is 0. The highest BCUT2D eigenvalue weighted by Gasteiger charge is 2.41. The molecule has 2 amide bonds. The molecule has 7 heteroatoms. The number of ketones is 1. The van der Waals surface area contributed by atoms with Gasteiger partial charge in [0, 0.05) is 11.6 Å². The third-order valence-electron chi connectivity index (χ3n) is 6.17. The molecule has 2 aliphatic rings. The van der Waals surface area contributed by atoms with Gasteiger partial charge in [-0.05, 0) is 48.2 Å². The van der Waals surface area contributed by atoms with Gasteiger partial charge < -0.3 is 10.1 Å². The Morgan fingerprint density at radius 2 is 1.46 bits per heavy atom. The second-order valence-electron chi connectivity index (χ2n) is 8.75. The summed E-state index contributed by atoms with van der Waals surface area (Å²) in [5.41, 5.74) is 3.13. The molecule has 7 nitrogen and oxygen atoms in total. The summed E-state index contributed by atoms with van der Waals surface area (Å²) in [6.45, 7) is -0.386. The molecule has 3 aromatic rings. The molecule has 1 heterocycles. The van der Waals surface area contributed by atoms with Crippen molar-refractivity contribution >= 4 is 29.3 Å². The Morgan fingerprint density at radius 1 is 0.829 bits per heavy atom. The second kappa shape index (κ2) is 9.64. The highest BCUT2D eigenvalue weighted by atomic mass is 16.5. The molecule has 1 aliphatic carbocycles. The number of hydrogen-bond acceptors (Lipinski definition) is 6. The van der Waals surface area contributed by atoms with Crippen LogP contribution in [0.2, 0.25) is 0 Å². The highest BCUT2D eigenvalue weighted by Crippen LogP contribution is 2.27. The van der Waals surface area contributed by atoms with Crippen molar-refractivity contribution in [3.63, 3.8) is 0 Å². The lowest BCUT2D eigenvalue weighted by atomic mass is 10.0. The largest absolute Gasteiger partial charge is 0.454 e. The van der Waals surface area contributed by atoms with Gasteiger partial charge >= 0.3 is 5.97 Å². The van der Waals surface area contributed by atoms with E-state index in [1.807, 2.05) is 42.5 Å². The van der Waals surface area contributed by atoms with Crippen molar-refractivity contribution in [1.82, 2.24) is 5.32 Å². The summed E-state index contributed by atoms with van der Waals surface area (Å²) in [6.07, 6.45) is 2.18. The summed E-state index contributed by atoms with van der Waals surface area (Å²) < 4.78 is 5.19. The Labute approximate surface area is 202 Å². The average molecular weight is 469 g/mol. The molecule has 1 N–H and O–H groups in total. The maximum Gasteiger partial charge on any atom is 0.338 e. The Morgan fingerprint density at radius 3 is 2.11 bits per heavy atom. The van der Waals surface area contributed by atoms with Gasteiger partial charge in [-0.1, -0.05) is 54.6 Å². The number of nitrogens with zero attached hydrogens (tertiary/aromatic N) is 1. The zero-order valence-electron chi connectivity index (χ0n) is 19.0. The van der Waals surface area contributed by atoms with E-state index in [2.05, 4.69) is 5.32 Å². The SMILES string of the molecule is O=C(COC(=O)c1ccc(N2C(=O)CC(NC3CC3)C2=O)cc1)c1ccc(-c2ccccc2)cc1. The predicted molar refractivity (Wildman–Crippen MR) is 130 cm³/mol. The third-order valence-corrected chi connectivity index (χ3v) is 6.17. The van der Waals surface area contributed by atoms with Crippen LogP contribution in [0.5, 0.6) is 0 Å². The molecule has 2 fully saturated rings. The van der Waals surface area contributed by atoms with E-state index in [1.165, 1.54) is 24.3 Å². The lowest BCUT2D eigenvalue weighted by molar-refractivity contribution is -0.121. The summed E-state index contributed by atoms with van der Waals surface area (Å²) in [7, 11) is 0. The first-order valence-corrected chi connectivity index (χ1v) is 11.6. The third kappa shape index (κ3) is 5.05. The number of imide groups is 1. The fourth-order valence-corrected chi connectivity index (χ4v) is 4.09. The maximum absolute atomic E-state index is 12.6. The standard InChI is InChI=1S/C28H24N2O5/c31-25(20-8-6-19(7-9-20)18-4-2-1-3-5-18)17-35-28(34)21-10-14-23(15-11-21)30-26(32)16-24(27(30)33)29-22-12-13-22/h1-11,14-15,22,24,29H,12-13,16-17H2. The molecule has 35 heavy (non-hydrogen) atoms. The number of ether oxygens (including phenoxy) is 1. The van der Waals surface area contributed by atoms with Gasteiger partial charge in [0.15, 0.2) is 12.4 Å². The highest BCUT2D eigenvalue weighted by molar-refractivity contribution is 6.22. The molecule has 1 saturated carbocycles. The smallest absolute Gasteiger partial charge is 0.338 e. The zero-order valence-corrected chi connectivity index (χ0v) is 19.0. The van der Waals surface area contributed by atoms with Gasteiger partial charge in [0.05, 0.1) is 23.7 Å². The number of nitrogens with one attached hydrogen (secondary N) is 1. The Kier molecular flexibility index (Phi) is 6.25. The van der Waals surface area contributed by atoms with Crippen molar-refractivity contribution in [2.45, 2.75) is 31.3 Å². The summed E-state index contributed by atoms with van der Waals surface area (Å²) in [4.78, 5) is 51.0. The topological polar surface area (TPSA) is 92.8 Å². The average Bonchev–Trinajstić information content (AvgIpc) is 3.67. The van der Waals surface area contributed by atoms with Crippen molar-refractivity contribution in [3.05, 3.63) is 90.0 Å². The van der Waals surface area contributed by atoms with E-state index in [0.717, 1.165) is 28.9 Å². The number of esters is 1.